The van der Waals surface area contributed by atoms with E-state index in [9.17, 15) is 9.59 Å². The largest absolute Gasteiger partial charge is 0.459 e. The van der Waals surface area contributed by atoms with Crippen LogP contribution in [0.1, 0.15) is 17.5 Å². The molecule has 1 aliphatic rings. The SMILES string of the molecule is C[C@@H](Sc1cccnn1)C(=O)N1CCN(C(=O)c2ccco2)CC1. The maximum atomic E-state index is 12.5. The van der Waals surface area contributed by atoms with Crippen LogP contribution in [-0.2, 0) is 4.79 Å². The Labute approximate surface area is 144 Å². The Hall–Kier alpha value is -2.35. The highest BCUT2D eigenvalue weighted by Gasteiger charge is 2.28. The van der Waals surface area contributed by atoms with E-state index < -0.39 is 0 Å². The highest BCUT2D eigenvalue weighted by atomic mass is 32.2. The van der Waals surface area contributed by atoms with Crippen LogP contribution < -0.4 is 0 Å². The van der Waals surface area contributed by atoms with Crippen molar-refractivity contribution in [2.24, 2.45) is 0 Å². The molecule has 2 aromatic rings. The Morgan fingerprint density at radius 2 is 1.92 bits per heavy atom. The molecule has 126 valence electrons. The van der Waals surface area contributed by atoms with Gasteiger partial charge in [0.2, 0.25) is 5.91 Å². The Morgan fingerprint density at radius 3 is 2.54 bits per heavy atom. The smallest absolute Gasteiger partial charge is 0.289 e. The third-order valence-electron chi connectivity index (χ3n) is 3.80. The number of nitrogens with zero attached hydrogens (tertiary/aromatic N) is 4. The molecule has 0 unspecified atom stereocenters. The molecule has 24 heavy (non-hydrogen) atoms. The zero-order valence-electron chi connectivity index (χ0n) is 13.3. The number of furan rings is 1. The molecule has 1 atom stereocenters. The Bertz CT molecular complexity index is 685. The Kier molecular flexibility index (Phi) is 5.14. The van der Waals surface area contributed by atoms with Crippen molar-refractivity contribution in [2.45, 2.75) is 17.2 Å². The maximum absolute atomic E-state index is 12.5. The number of amides is 2. The minimum atomic E-state index is -0.242. The molecule has 0 aromatic carbocycles. The molecule has 0 spiro atoms. The average molecular weight is 346 g/mol. The van der Waals surface area contributed by atoms with Crippen LogP contribution in [0, 0.1) is 0 Å². The summed E-state index contributed by atoms with van der Waals surface area (Å²) in [5, 5.41) is 8.29. The fourth-order valence-electron chi connectivity index (χ4n) is 2.52. The zero-order valence-corrected chi connectivity index (χ0v) is 14.1. The molecule has 0 saturated carbocycles. The summed E-state index contributed by atoms with van der Waals surface area (Å²) < 4.78 is 5.14. The molecule has 2 amide bonds. The van der Waals surface area contributed by atoms with Crippen LogP contribution >= 0.6 is 11.8 Å². The predicted octanol–water partition coefficient (Wildman–Crippen LogP) is 1.53. The molecular weight excluding hydrogens is 328 g/mol. The number of carbonyl (C=O) groups excluding carboxylic acids is 2. The van der Waals surface area contributed by atoms with E-state index in [4.69, 9.17) is 4.42 Å². The van der Waals surface area contributed by atoms with Crippen LogP contribution in [0.2, 0.25) is 0 Å². The van der Waals surface area contributed by atoms with Gasteiger partial charge in [0.05, 0.1) is 11.5 Å². The van der Waals surface area contributed by atoms with E-state index in [-0.39, 0.29) is 17.1 Å². The minimum absolute atomic E-state index is 0.0516. The number of rotatable bonds is 4. The van der Waals surface area contributed by atoms with Crippen molar-refractivity contribution in [3.8, 4) is 0 Å². The Balaban J connectivity index is 1.52. The molecule has 1 aliphatic heterocycles. The maximum Gasteiger partial charge on any atom is 0.289 e. The molecule has 0 radical (unpaired) electrons. The van der Waals surface area contributed by atoms with Crippen LogP contribution in [-0.4, -0.2) is 63.2 Å². The quantitative estimate of drug-likeness (QED) is 0.781. The summed E-state index contributed by atoms with van der Waals surface area (Å²) in [5.74, 6) is 0.256. The zero-order chi connectivity index (χ0) is 16.9. The van der Waals surface area contributed by atoms with E-state index in [2.05, 4.69) is 10.2 Å². The lowest BCUT2D eigenvalue weighted by molar-refractivity contribution is -0.131. The van der Waals surface area contributed by atoms with Crippen molar-refractivity contribution in [3.05, 3.63) is 42.5 Å². The van der Waals surface area contributed by atoms with Crippen LogP contribution in [0.5, 0.6) is 0 Å². The molecular formula is C16H18N4O3S. The van der Waals surface area contributed by atoms with Crippen LogP contribution in [0.15, 0.2) is 46.2 Å². The molecule has 8 heteroatoms. The first-order valence-electron chi connectivity index (χ1n) is 7.71. The molecule has 0 N–H and O–H groups in total. The van der Waals surface area contributed by atoms with Gasteiger partial charge in [-0.05, 0) is 31.2 Å². The number of piperazine rings is 1. The van der Waals surface area contributed by atoms with Crippen LogP contribution in [0.4, 0.5) is 0 Å². The summed E-state index contributed by atoms with van der Waals surface area (Å²) in [6.07, 6.45) is 3.09. The van der Waals surface area contributed by atoms with Gasteiger partial charge in [0.25, 0.3) is 5.91 Å². The molecule has 3 heterocycles. The van der Waals surface area contributed by atoms with Crippen molar-refractivity contribution < 1.29 is 14.0 Å². The fraction of sp³-hybridized carbons (Fsp3) is 0.375. The second kappa shape index (κ2) is 7.48. The number of thioether (sulfide) groups is 1. The van der Waals surface area contributed by atoms with Crippen molar-refractivity contribution in [1.29, 1.82) is 0 Å². The Morgan fingerprint density at radius 1 is 1.17 bits per heavy atom. The number of carbonyl (C=O) groups is 2. The van der Waals surface area contributed by atoms with Crippen molar-refractivity contribution in [2.75, 3.05) is 26.2 Å². The summed E-state index contributed by atoms with van der Waals surface area (Å²) in [6.45, 7) is 3.93. The lowest BCUT2D eigenvalue weighted by Gasteiger charge is -2.35. The summed E-state index contributed by atoms with van der Waals surface area (Å²) in [4.78, 5) is 28.3. The third kappa shape index (κ3) is 3.76. The van der Waals surface area contributed by atoms with Gasteiger partial charge in [-0.2, -0.15) is 5.10 Å². The number of aromatic nitrogens is 2. The van der Waals surface area contributed by atoms with Crippen molar-refractivity contribution >= 4 is 23.6 Å². The minimum Gasteiger partial charge on any atom is -0.459 e. The first-order valence-corrected chi connectivity index (χ1v) is 8.59. The van der Waals surface area contributed by atoms with Gasteiger partial charge < -0.3 is 14.2 Å². The van der Waals surface area contributed by atoms with Gasteiger partial charge in [-0.15, -0.1) is 5.10 Å². The first kappa shape index (κ1) is 16.5. The van der Waals surface area contributed by atoms with Gasteiger partial charge >= 0.3 is 0 Å². The third-order valence-corrected chi connectivity index (χ3v) is 4.82. The van der Waals surface area contributed by atoms with E-state index in [1.807, 2.05) is 13.0 Å². The molecule has 2 aromatic heterocycles. The molecule has 1 fully saturated rings. The molecule has 7 nitrogen and oxygen atoms in total. The second-order valence-corrected chi connectivity index (χ2v) is 6.78. The summed E-state index contributed by atoms with van der Waals surface area (Å²) in [6, 6.07) is 6.98. The van der Waals surface area contributed by atoms with E-state index >= 15 is 0 Å². The van der Waals surface area contributed by atoms with E-state index in [0.29, 0.717) is 31.9 Å². The molecule has 1 saturated heterocycles. The van der Waals surface area contributed by atoms with Gasteiger partial charge in [-0.3, -0.25) is 9.59 Å². The van der Waals surface area contributed by atoms with Gasteiger partial charge in [0.1, 0.15) is 5.03 Å². The van der Waals surface area contributed by atoms with E-state index in [1.54, 1.807) is 34.2 Å². The van der Waals surface area contributed by atoms with Gasteiger partial charge in [-0.25, -0.2) is 0 Å². The van der Waals surface area contributed by atoms with Gasteiger partial charge in [0, 0.05) is 32.4 Å². The fourth-order valence-corrected chi connectivity index (χ4v) is 3.39. The van der Waals surface area contributed by atoms with Crippen molar-refractivity contribution in [1.82, 2.24) is 20.0 Å². The first-order chi connectivity index (χ1) is 11.6. The molecule has 0 bridgehead atoms. The lowest BCUT2D eigenvalue weighted by atomic mass is 10.2. The van der Waals surface area contributed by atoms with E-state index in [1.165, 1.54) is 18.0 Å². The molecule has 0 aliphatic carbocycles. The molecule has 3 rings (SSSR count). The van der Waals surface area contributed by atoms with E-state index in [0.717, 1.165) is 5.03 Å². The summed E-state index contributed by atoms with van der Waals surface area (Å²) in [5.41, 5.74) is 0. The van der Waals surface area contributed by atoms with Crippen LogP contribution in [0.25, 0.3) is 0 Å². The van der Waals surface area contributed by atoms with Crippen molar-refractivity contribution in [3.63, 3.8) is 0 Å². The summed E-state index contributed by atoms with van der Waals surface area (Å²) in [7, 11) is 0. The standard InChI is InChI=1S/C16H18N4O3S/c1-12(24-14-5-2-6-17-18-14)15(21)19-7-9-20(10-8-19)16(22)13-4-3-11-23-13/h2-6,11-12H,7-10H2,1H3/t12-/m1/s1. The van der Waals surface area contributed by atoms with Crippen LogP contribution in [0.3, 0.4) is 0 Å². The number of hydrogen-bond acceptors (Lipinski definition) is 6. The topological polar surface area (TPSA) is 79.5 Å². The highest BCUT2D eigenvalue weighted by molar-refractivity contribution is 8.00. The van der Waals surface area contributed by atoms with Gasteiger partial charge in [0.15, 0.2) is 5.76 Å². The summed E-state index contributed by atoms with van der Waals surface area (Å²) >= 11 is 1.39. The normalized spacial score (nSPS) is 16.0. The highest BCUT2D eigenvalue weighted by Crippen LogP contribution is 2.22. The average Bonchev–Trinajstić information content (AvgIpc) is 3.16. The second-order valence-electron chi connectivity index (χ2n) is 5.42. The monoisotopic (exact) mass is 346 g/mol. The predicted molar refractivity (Wildman–Crippen MR) is 88.5 cm³/mol. The lowest BCUT2D eigenvalue weighted by Crippen LogP contribution is -2.52. The van der Waals surface area contributed by atoms with Gasteiger partial charge in [-0.1, -0.05) is 11.8 Å². The number of hydrogen-bond donors (Lipinski definition) is 0.